The Balaban J connectivity index is 3.52. The fraction of sp³-hybridized carbons (Fsp3) is 0.886. The van der Waals surface area contributed by atoms with E-state index >= 15 is 0 Å². The molecule has 15 atom stereocenters. The molecule has 25 nitrogen and oxygen atoms in total. The normalized spacial score (nSPS) is 23.5. The van der Waals surface area contributed by atoms with Crippen molar-refractivity contribution in [1.82, 2.24) is 0 Å². The van der Waals surface area contributed by atoms with Crippen LogP contribution in [-0.2, 0) is 90.5 Å². The summed E-state index contributed by atoms with van der Waals surface area (Å²) in [5.41, 5.74) is 0. The summed E-state index contributed by atoms with van der Waals surface area (Å²) in [5.74, 6) is -10.7. The number of hydrogen-bond acceptors (Lipinski definition) is 25. The molecule has 2 heterocycles. The van der Waals surface area contributed by atoms with Crippen LogP contribution in [0.2, 0.25) is 0 Å². The first-order chi connectivity index (χ1) is 45.7. The zero-order valence-corrected chi connectivity index (χ0v) is 58.6. The van der Waals surface area contributed by atoms with Gasteiger partial charge in [0.05, 0.1) is 6.61 Å². The monoisotopic (exact) mass is 1360 g/mol. The van der Waals surface area contributed by atoms with Crippen LogP contribution in [0.3, 0.4) is 0 Å². The Kier molecular flexibility index (Phi) is 46.1. The summed E-state index contributed by atoms with van der Waals surface area (Å²) in [5, 5.41) is 69.8. The quantitative estimate of drug-likeness (QED) is 0.0187. The smallest absolute Gasteiger partial charge is 0.306 e. The molecule has 2 saturated heterocycles. The van der Waals surface area contributed by atoms with Gasteiger partial charge in [-0.05, 0) is 51.4 Å². The van der Waals surface area contributed by atoms with Crippen molar-refractivity contribution in [2.75, 3.05) is 19.8 Å². The Labute approximate surface area is 564 Å². The first-order valence-corrected chi connectivity index (χ1v) is 36.2. The Bertz CT molecular complexity index is 2150. The highest BCUT2D eigenvalue weighted by molar-refractivity contribution is 5.73. The van der Waals surface area contributed by atoms with Crippen LogP contribution < -0.4 is 0 Å². The van der Waals surface area contributed by atoms with E-state index in [1.807, 2.05) is 55.4 Å². The second kappa shape index (κ2) is 50.7. The van der Waals surface area contributed by atoms with Crippen LogP contribution in [0.15, 0.2) is 0 Å². The first kappa shape index (κ1) is 86.5. The van der Waals surface area contributed by atoms with Gasteiger partial charge in [0.25, 0.3) is 0 Å². The van der Waals surface area contributed by atoms with E-state index in [4.69, 9.17) is 52.1 Å². The van der Waals surface area contributed by atoms with Gasteiger partial charge in [0.15, 0.2) is 36.6 Å². The molecule has 2 aliphatic heterocycles. The van der Waals surface area contributed by atoms with Crippen molar-refractivity contribution in [2.24, 2.45) is 0 Å². The maximum atomic E-state index is 14.8. The summed E-state index contributed by atoms with van der Waals surface area (Å²) in [6, 6.07) is 0. The van der Waals surface area contributed by atoms with E-state index < -0.39 is 159 Å². The second-order valence-corrected chi connectivity index (χ2v) is 25.3. The second-order valence-electron chi connectivity index (χ2n) is 25.3. The van der Waals surface area contributed by atoms with Gasteiger partial charge < -0.3 is 82.7 Å². The van der Waals surface area contributed by atoms with Gasteiger partial charge >= 0.3 is 47.8 Å². The van der Waals surface area contributed by atoms with Crippen molar-refractivity contribution in [2.45, 2.75) is 378 Å². The van der Waals surface area contributed by atoms with E-state index in [9.17, 15) is 69.0 Å². The average Bonchev–Trinajstić information content (AvgIpc) is 0.728. The molecule has 0 aromatic heterocycles. The molecule has 0 aromatic carbocycles. The Morgan fingerprint density at radius 3 is 1.04 bits per heavy atom. The van der Waals surface area contributed by atoms with Gasteiger partial charge in [-0.25, -0.2) is 0 Å². The predicted molar refractivity (Wildman–Crippen MR) is 347 cm³/mol. The summed E-state index contributed by atoms with van der Waals surface area (Å²) < 4.78 is 70.1. The third kappa shape index (κ3) is 32.3. The highest BCUT2D eigenvalue weighted by atomic mass is 16.8. The van der Waals surface area contributed by atoms with Crippen molar-refractivity contribution < 1.29 is 121 Å². The number of esters is 8. The third-order valence-electron chi connectivity index (χ3n) is 16.9. The molecule has 0 spiro atoms. The van der Waals surface area contributed by atoms with Crippen LogP contribution in [0.25, 0.3) is 0 Å². The fourth-order valence-electron chi connectivity index (χ4n) is 11.2. The predicted octanol–water partition coefficient (Wildman–Crippen LogP) is 9.38. The highest BCUT2D eigenvalue weighted by Crippen LogP contribution is 2.45. The minimum Gasteiger partial charge on any atom is -0.463 e. The molecule has 0 aliphatic carbocycles. The number of hydrogen-bond donors (Lipinski definition) is 6. The number of unbranched alkanes of at least 4 members (excludes halogenated alkanes) is 20. The van der Waals surface area contributed by atoms with Crippen LogP contribution in [0.4, 0.5) is 0 Å². The number of aliphatic hydroxyl groups excluding tert-OH is 6. The van der Waals surface area contributed by atoms with E-state index in [1.165, 1.54) is 0 Å². The lowest BCUT2D eigenvalue weighted by Gasteiger charge is -2.55. The highest BCUT2D eigenvalue weighted by Gasteiger charge is 2.69. The molecular weight excluding hydrogens is 1240 g/mol. The van der Waals surface area contributed by atoms with Crippen LogP contribution >= 0.6 is 0 Å². The minimum absolute atomic E-state index is 0.0738. The Morgan fingerprint density at radius 1 is 0.347 bits per heavy atom. The molecule has 0 aromatic rings. The van der Waals surface area contributed by atoms with E-state index in [2.05, 4.69) is 0 Å². The van der Waals surface area contributed by atoms with E-state index in [0.29, 0.717) is 116 Å². The van der Waals surface area contributed by atoms with Gasteiger partial charge in [-0.2, -0.15) is 0 Å². The third-order valence-corrected chi connectivity index (χ3v) is 16.9. The van der Waals surface area contributed by atoms with Gasteiger partial charge in [0, 0.05) is 51.4 Å². The number of carbonyl (C=O) groups is 8. The van der Waals surface area contributed by atoms with Crippen molar-refractivity contribution in [3.05, 3.63) is 0 Å². The van der Waals surface area contributed by atoms with Crippen molar-refractivity contribution >= 4 is 47.8 Å². The zero-order valence-electron chi connectivity index (χ0n) is 58.6. The number of aliphatic hydroxyl groups is 6. The summed E-state index contributed by atoms with van der Waals surface area (Å²) in [6.07, 6.45) is -17.7. The number of ether oxygens (including phenoxy) is 11. The molecule has 95 heavy (non-hydrogen) atoms. The lowest BCUT2D eigenvalue weighted by Crippen LogP contribution is -2.76. The maximum Gasteiger partial charge on any atom is 0.306 e. The zero-order chi connectivity index (χ0) is 70.6. The van der Waals surface area contributed by atoms with Gasteiger partial charge in [0.2, 0.25) is 12.1 Å². The summed E-state index contributed by atoms with van der Waals surface area (Å²) >= 11 is 0. The minimum atomic E-state index is -3.53. The van der Waals surface area contributed by atoms with Crippen molar-refractivity contribution in [1.29, 1.82) is 0 Å². The molecule has 2 fully saturated rings. The fourth-order valence-corrected chi connectivity index (χ4v) is 11.2. The van der Waals surface area contributed by atoms with E-state index in [1.54, 1.807) is 0 Å². The number of rotatable bonds is 54. The van der Waals surface area contributed by atoms with Gasteiger partial charge in [-0.15, -0.1) is 0 Å². The lowest BCUT2D eigenvalue weighted by molar-refractivity contribution is -0.446. The van der Waals surface area contributed by atoms with Crippen LogP contribution in [0, 0.1) is 0 Å². The maximum absolute atomic E-state index is 14.8. The standard InChI is InChI=1S/C70H122O25/c1-9-17-25-27-35-43-57(79)92-66-64(90-55(77)41-33-23-15-7)62(88-53(75)39-31-21-13-5)49(46-85-51(73)37-29-19-11-3)87-69(66)95-70(67(84)61(83)60(82)59(81)48(72)45-71)68(93-58(80)44-36-28-26-18-10-2)65(91-56(78)42-34-24-16-8)63(89-54(76)40-32-22-14-6)50(94-70)47-86-52(74)38-30-20-12-4/h48-50,59-69,71-72,81-84H,9-47H2,1-8H3/t48-,49+,50+,59+,60+,61-,62+,63+,64-,65-,66-,67?,68-,69-,70-/m0/s1. The molecule has 0 radical (unpaired) electrons. The van der Waals surface area contributed by atoms with Crippen LogP contribution in [-0.4, -0.2) is 190 Å². The average molecular weight is 1360 g/mol. The Hall–Kier alpha value is -4.60. The lowest BCUT2D eigenvalue weighted by atomic mass is 9.84. The number of carbonyl (C=O) groups excluding carboxylic acids is 8. The van der Waals surface area contributed by atoms with Gasteiger partial charge in [-0.1, -0.05) is 184 Å². The molecule has 2 rings (SSSR count). The molecule has 2 aliphatic rings. The molecule has 6 N–H and O–H groups in total. The molecule has 25 heteroatoms. The van der Waals surface area contributed by atoms with Crippen LogP contribution in [0.1, 0.15) is 287 Å². The Morgan fingerprint density at radius 2 is 0.653 bits per heavy atom. The molecule has 0 amide bonds. The summed E-state index contributed by atoms with van der Waals surface area (Å²) in [7, 11) is 0. The summed E-state index contributed by atoms with van der Waals surface area (Å²) in [4.78, 5) is 114. The van der Waals surface area contributed by atoms with Crippen molar-refractivity contribution in [3.63, 3.8) is 0 Å². The van der Waals surface area contributed by atoms with Gasteiger partial charge in [-0.3, -0.25) is 38.4 Å². The molecule has 1 unspecified atom stereocenters. The SMILES string of the molecule is CCCCCCCC(=O)O[C@@H]1[C@H](O[C@]2(C(O)[C@@H](O)[C@H](O)[C@H](O)[C@@H](O)CO)O[C@H](COC(=O)CCCCC)[C@@H](OC(=O)CCCCC)[C@H](OC(=O)CCCCC)[C@@H]2OC(=O)CCCCCCC)O[C@H](COC(=O)CCCCC)[C@@H](OC(=O)CCCCC)[C@@H]1OC(=O)CCCCC. The van der Waals surface area contributed by atoms with E-state index in [-0.39, 0.29) is 70.6 Å². The van der Waals surface area contributed by atoms with Crippen molar-refractivity contribution in [3.8, 4) is 0 Å². The molecule has 0 saturated carbocycles. The topological polar surface area (TPSA) is 359 Å². The molecule has 552 valence electrons. The first-order valence-electron chi connectivity index (χ1n) is 36.2. The van der Waals surface area contributed by atoms with Gasteiger partial charge in [0.1, 0.15) is 55.9 Å². The van der Waals surface area contributed by atoms with E-state index in [0.717, 1.165) is 44.9 Å². The summed E-state index contributed by atoms with van der Waals surface area (Å²) in [6.45, 7) is 12.6. The molecule has 0 bridgehead atoms. The molecular formula is C70H122O25. The largest absolute Gasteiger partial charge is 0.463 e. The van der Waals surface area contributed by atoms with Crippen LogP contribution in [0.5, 0.6) is 0 Å².